The number of rotatable bonds is 3. The number of nitrogens with zero attached hydrogens (tertiary/aromatic N) is 2. The fourth-order valence-electron chi connectivity index (χ4n) is 4.96. The van der Waals surface area contributed by atoms with Gasteiger partial charge < -0.3 is 10.6 Å². The molecule has 3 nitrogen and oxygen atoms in total. The van der Waals surface area contributed by atoms with Gasteiger partial charge in [0.25, 0.3) is 0 Å². The molecule has 0 bridgehead atoms. The van der Waals surface area contributed by atoms with E-state index in [1.165, 1.54) is 22.3 Å². The lowest BCUT2D eigenvalue weighted by atomic mass is 9.81. The maximum Gasteiger partial charge on any atom is 0.128 e. The molecule has 33 heavy (non-hydrogen) atoms. The first-order valence-electron chi connectivity index (χ1n) is 11.4. The highest BCUT2D eigenvalue weighted by Gasteiger charge is 2.36. The summed E-state index contributed by atoms with van der Waals surface area (Å²) in [5.41, 5.74) is 15.7. The van der Waals surface area contributed by atoms with E-state index in [0.29, 0.717) is 5.84 Å². The van der Waals surface area contributed by atoms with Crippen molar-refractivity contribution in [2.75, 3.05) is 4.90 Å². The quantitative estimate of drug-likeness (QED) is 0.373. The maximum atomic E-state index is 6.38. The molecule has 164 valence electrons. The van der Waals surface area contributed by atoms with Gasteiger partial charge in [-0.2, -0.15) is 0 Å². The fraction of sp³-hybridized carbons (Fsp3) is 0.167. The fourth-order valence-corrected chi connectivity index (χ4v) is 4.96. The van der Waals surface area contributed by atoms with Gasteiger partial charge in [-0.15, -0.1) is 0 Å². The molecule has 1 unspecified atom stereocenters. The van der Waals surface area contributed by atoms with Crippen LogP contribution in [0.1, 0.15) is 43.0 Å². The maximum absolute atomic E-state index is 6.38. The van der Waals surface area contributed by atoms with Crippen molar-refractivity contribution in [3.63, 3.8) is 0 Å². The summed E-state index contributed by atoms with van der Waals surface area (Å²) >= 11 is 0. The predicted molar refractivity (Wildman–Crippen MR) is 140 cm³/mol. The smallest absolute Gasteiger partial charge is 0.128 e. The predicted octanol–water partition coefficient (Wildman–Crippen LogP) is 6.65. The van der Waals surface area contributed by atoms with Crippen LogP contribution in [0.25, 0.3) is 16.7 Å². The number of benzene rings is 3. The zero-order chi connectivity index (χ0) is 23.2. The highest BCUT2D eigenvalue weighted by molar-refractivity contribution is 5.98. The molecule has 0 spiro atoms. The third kappa shape index (κ3) is 3.50. The summed E-state index contributed by atoms with van der Waals surface area (Å²) in [5, 5.41) is 0. The van der Waals surface area contributed by atoms with E-state index in [-0.39, 0.29) is 11.6 Å². The molecule has 1 aliphatic heterocycles. The minimum atomic E-state index is -0.192. The Balaban J connectivity index is 1.66. The van der Waals surface area contributed by atoms with Crippen LogP contribution in [0.5, 0.6) is 0 Å². The molecular weight excluding hydrogens is 402 g/mol. The molecule has 0 aromatic heterocycles. The number of amidine groups is 1. The van der Waals surface area contributed by atoms with Gasteiger partial charge >= 0.3 is 0 Å². The van der Waals surface area contributed by atoms with E-state index in [0.717, 1.165) is 22.4 Å². The molecule has 1 heterocycles. The van der Waals surface area contributed by atoms with Gasteiger partial charge in [0.2, 0.25) is 0 Å². The monoisotopic (exact) mass is 431 g/mol. The average Bonchev–Trinajstić information content (AvgIpc) is 3.04. The van der Waals surface area contributed by atoms with Gasteiger partial charge in [0.1, 0.15) is 12.0 Å². The van der Waals surface area contributed by atoms with Crippen LogP contribution in [-0.4, -0.2) is 12.0 Å². The third-order valence-electron chi connectivity index (χ3n) is 6.78. The minimum Gasteiger partial charge on any atom is -0.383 e. The van der Waals surface area contributed by atoms with Crippen LogP contribution in [0.15, 0.2) is 103 Å². The number of hydrogen-bond acceptors (Lipinski definition) is 2. The van der Waals surface area contributed by atoms with E-state index in [9.17, 15) is 0 Å². The Morgan fingerprint density at radius 3 is 2.42 bits per heavy atom. The summed E-state index contributed by atoms with van der Waals surface area (Å²) in [5.74, 6) is 0.530. The Labute approximate surface area is 196 Å². The molecule has 3 aromatic carbocycles. The van der Waals surface area contributed by atoms with Crippen molar-refractivity contribution in [3.8, 4) is 11.1 Å². The molecular formula is C30H29N3. The van der Waals surface area contributed by atoms with E-state index >= 15 is 0 Å². The summed E-state index contributed by atoms with van der Waals surface area (Å²) in [6, 6.07) is 23.2. The van der Waals surface area contributed by atoms with Crippen molar-refractivity contribution in [1.82, 2.24) is 0 Å². The third-order valence-corrected chi connectivity index (χ3v) is 6.78. The van der Waals surface area contributed by atoms with Gasteiger partial charge in [0.05, 0.1) is 5.69 Å². The highest BCUT2D eigenvalue weighted by Crippen LogP contribution is 2.51. The topological polar surface area (TPSA) is 41.6 Å². The first-order chi connectivity index (χ1) is 15.9. The van der Waals surface area contributed by atoms with Crippen molar-refractivity contribution in [3.05, 3.63) is 120 Å². The standard InChI is InChI=1S/C30H29N3/c1-20-12-10-11-17-33(21(2)32-29(31)22-13-6-5-7-14-22)28-19-25-23-15-8-9-16-26(23)30(3,4)27(25)18-24(20)28/h5-19,21H,1H2,2-4H3,(H2,31,32)/b12-10-,17-11-. The van der Waals surface area contributed by atoms with Gasteiger partial charge in [-0.3, -0.25) is 0 Å². The van der Waals surface area contributed by atoms with Crippen molar-refractivity contribution >= 4 is 17.1 Å². The zero-order valence-corrected chi connectivity index (χ0v) is 19.4. The molecule has 3 aromatic rings. The van der Waals surface area contributed by atoms with Crippen LogP contribution in [0.2, 0.25) is 0 Å². The summed E-state index contributed by atoms with van der Waals surface area (Å²) in [4.78, 5) is 7.04. The molecule has 0 saturated heterocycles. The molecule has 5 rings (SSSR count). The molecule has 2 aliphatic rings. The summed E-state index contributed by atoms with van der Waals surface area (Å²) in [6.07, 6.45) is 8.02. The molecule has 1 atom stereocenters. The van der Waals surface area contributed by atoms with E-state index in [4.69, 9.17) is 10.7 Å². The number of hydrogen-bond donors (Lipinski definition) is 1. The van der Waals surface area contributed by atoms with Crippen molar-refractivity contribution < 1.29 is 0 Å². The molecule has 0 amide bonds. The van der Waals surface area contributed by atoms with E-state index < -0.39 is 0 Å². The van der Waals surface area contributed by atoms with E-state index in [2.05, 4.69) is 80.9 Å². The minimum absolute atomic E-state index is 0.0600. The second-order valence-corrected chi connectivity index (χ2v) is 9.23. The van der Waals surface area contributed by atoms with Gasteiger partial charge in [0, 0.05) is 22.7 Å². The lowest BCUT2D eigenvalue weighted by Crippen LogP contribution is -2.30. The number of fused-ring (bicyclic) bond motifs is 4. The number of aliphatic imine (C=N–C) groups is 1. The average molecular weight is 432 g/mol. The Hall–Kier alpha value is -3.85. The first-order valence-corrected chi connectivity index (χ1v) is 11.4. The normalized spacial score (nSPS) is 19.1. The Morgan fingerprint density at radius 2 is 1.64 bits per heavy atom. The van der Waals surface area contributed by atoms with Crippen molar-refractivity contribution in [2.24, 2.45) is 10.7 Å². The Morgan fingerprint density at radius 1 is 0.909 bits per heavy atom. The van der Waals surface area contributed by atoms with Crippen molar-refractivity contribution in [2.45, 2.75) is 32.4 Å². The van der Waals surface area contributed by atoms with Crippen LogP contribution in [0, 0.1) is 0 Å². The Kier molecular flexibility index (Phi) is 5.05. The first kappa shape index (κ1) is 21.0. The van der Waals surface area contributed by atoms with Crippen LogP contribution in [0.3, 0.4) is 0 Å². The molecule has 2 N–H and O–H groups in total. The molecule has 3 heteroatoms. The molecule has 0 radical (unpaired) electrons. The Bertz CT molecular complexity index is 1330. The van der Waals surface area contributed by atoms with Gasteiger partial charge in [-0.1, -0.05) is 87.2 Å². The summed E-state index contributed by atoms with van der Waals surface area (Å²) in [7, 11) is 0. The lowest BCUT2D eigenvalue weighted by Gasteiger charge is -2.30. The number of nitrogens with two attached hydrogens (primary N) is 1. The van der Waals surface area contributed by atoms with E-state index in [1.54, 1.807) is 0 Å². The SMILES string of the molecule is C=C1/C=C\C=C/N(C(C)/N=C(\N)c2ccccc2)c2cc3c(cc21)C(C)(C)c1ccccc1-3. The van der Waals surface area contributed by atoms with Crippen LogP contribution in [0.4, 0.5) is 5.69 Å². The van der Waals surface area contributed by atoms with Crippen LogP contribution in [-0.2, 0) is 5.41 Å². The second-order valence-electron chi connectivity index (χ2n) is 9.23. The van der Waals surface area contributed by atoms with Gasteiger partial charge in [-0.25, -0.2) is 4.99 Å². The lowest BCUT2D eigenvalue weighted by molar-refractivity contribution is 0.660. The summed E-state index contributed by atoms with van der Waals surface area (Å²) < 4.78 is 0. The van der Waals surface area contributed by atoms with Crippen LogP contribution >= 0.6 is 0 Å². The van der Waals surface area contributed by atoms with E-state index in [1.807, 2.05) is 42.5 Å². The van der Waals surface area contributed by atoms with Gasteiger partial charge in [-0.05, 0) is 53.0 Å². The van der Waals surface area contributed by atoms with Gasteiger partial charge in [0.15, 0.2) is 0 Å². The summed E-state index contributed by atoms with van der Waals surface area (Å²) in [6.45, 7) is 11.1. The highest BCUT2D eigenvalue weighted by atomic mass is 15.2. The second kappa shape index (κ2) is 7.93. The number of anilines is 1. The molecule has 0 fully saturated rings. The molecule has 0 saturated carbocycles. The number of allylic oxidation sites excluding steroid dienone is 4. The zero-order valence-electron chi connectivity index (χ0n) is 19.4. The largest absolute Gasteiger partial charge is 0.383 e. The molecule has 1 aliphatic carbocycles. The van der Waals surface area contributed by atoms with Crippen LogP contribution < -0.4 is 10.6 Å². The van der Waals surface area contributed by atoms with Crippen molar-refractivity contribution in [1.29, 1.82) is 0 Å².